The summed E-state index contributed by atoms with van der Waals surface area (Å²) in [6.45, 7) is 12.0. The second-order valence-corrected chi connectivity index (χ2v) is 9.10. The number of nitrogens with zero attached hydrogens (tertiary/aromatic N) is 2. The number of aryl methyl sites for hydroxylation is 3. The zero-order valence-corrected chi connectivity index (χ0v) is 19.3. The van der Waals surface area contributed by atoms with E-state index in [0.717, 1.165) is 27.6 Å². The summed E-state index contributed by atoms with van der Waals surface area (Å²) in [4.78, 5) is 19.8. The Hall–Kier alpha value is -2.66. The molecule has 5 heteroatoms. The Balaban J connectivity index is 1.68. The largest absolute Gasteiger partial charge is 0.486 e. The van der Waals surface area contributed by atoms with Crippen molar-refractivity contribution in [1.82, 2.24) is 9.88 Å². The molecule has 0 aliphatic rings. The molecule has 1 heterocycles. The van der Waals surface area contributed by atoms with Crippen LogP contribution in [-0.2, 0) is 13.2 Å². The van der Waals surface area contributed by atoms with Crippen LogP contribution in [0.3, 0.4) is 0 Å². The van der Waals surface area contributed by atoms with Gasteiger partial charge in [0.05, 0.1) is 12.2 Å². The predicted molar refractivity (Wildman–Crippen MR) is 123 cm³/mol. The highest BCUT2D eigenvalue weighted by atomic mass is 32.1. The van der Waals surface area contributed by atoms with Crippen LogP contribution in [0, 0.1) is 26.7 Å². The summed E-state index contributed by atoms with van der Waals surface area (Å²) < 4.78 is 5.91. The van der Waals surface area contributed by atoms with Gasteiger partial charge in [-0.3, -0.25) is 4.79 Å². The monoisotopic (exact) mass is 422 g/mol. The molecular weight excluding hydrogens is 392 g/mol. The van der Waals surface area contributed by atoms with Gasteiger partial charge in [-0.25, -0.2) is 4.98 Å². The molecule has 4 nitrogen and oxygen atoms in total. The molecule has 0 spiro atoms. The van der Waals surface area contributed by atoms with Crippen molar-refractivity contribution in [3.8, 4) is 5.75 Å². The summed E-state index contributed by atoms with van der Waals surface area (Å²) in [6.07, 6.45) is 0. The number of aromatic nitrogens is 1. The summed E-state index contributed by atoms with van der Waals surface area (Å²) in [7, 11) is 0. The number of ether oxygens (including phenoxy) is 1. The average Bonchev–Trinajstić information content (AvgIpc) is 3.15. The standard InChI is InChI=1S/C25H30N2O2S/c1-17(2)13-27(25(28)23-9-7-6-8-19(23)4)14-21-16-30-24(26-21)15-29-22-11-10-18(3)20(5)12-22/h6-12,16-17H,13-15H2,1-5H3. The fourth-order valence-electron chi connectivity index (χ4n) is 3.28. The highest BCUT2D eigenvalue weighted by Crippen LogP contribution is 2.20. The van der Waals surface area contributed by atoms with Gasteiger partial charge in [0.1, 0.15) is 17.4 Å². The van der Waals surface area contributed by atoms with Gasteiger partial charge >= 0.3 is 0 Å². The first-order valence-corrected chi connectivity index (χ1v) is 11.2. The van der Waals surface area contributed by atoms with Crippen molar-refractivity contribution in [2.75, 3.05) is 6.54 Å². The van der Waals surface area contributed by atoms with Crippen molar-refractivity contribution >= 4 is 17.2 Å². The third-order valence-electron chi connectivity index (χ3n) is 5.04. The van der Waals surface area contributed by atoms with Crippen molar-refractivity contribution in [3.05, 3.63) is 80.8 Å². The first-order chi connectivity index (χ1) is 14.3. The fraction of sp³-hybridized carbons (Fsp3) is 0.360. The Morgan fingerprint density at radius 1 is 1.07 bits per heavy atom. The van der Waals surface area contributed by atoms with Crippen molar-refractivity contribution in [2.24, 2.45) is 5.92 Å². The summed E-state index contributed by atoms with van der Waals surface area (Å²) in [6, 6.07) is 13.9. The van der Waals surface area contributed by atoms with Crippen LogP contribution in [-0.4, -0.2) is 22.3 Å². The molecule has 0 atom stereocenters. The molecule has 3 rings (SSSR count). The van der Waals surface area contributed by atoms with Crippen LogP contribution in [0.2, 0.25) is 0 Å². The Kier molecular flexibility index (Phi) is 7.27. The fourth-order valence-corrected chi connectivity index (χ4v) is 3.97. The lowest BCUT2D eigenvalue weighted by Crippen LogP contribution is -2.34. The number of carbonyl (C=O) groups excluding carboxylic acids is 1. The van der Waals surface area contributed by atoms with E-state index in [-0.39, 0.29) is 5.91 Å². The molecule has 1 amide bonds. The minimum absolute atomic E-state index is 0.0581. The maximum Gasteiger partial charge on any atom is 0.254 e. The Morgan fingerprint density at radius 3 is 2.53 bits per heavy atom. The van der Waals surface area contributed by atoms with Gasteiger partial charge < -0.3 is 9.64 Å². The second-order valence-electron chi connectivity index (χ2n) is 8.16. The second kappa shape index (κ2) is 9.90. The van der Waals surface area contributed by atoms with Gasteiger partial charge in [0.2, 0.25) is 0 Å². The van der Waals surface area contributed by atoms with E-state index >= 15 is 0 Å². The highest BCUT2D eigenvalue weighted by Gasteiger charge is 2.20. The number of amides is 1. The van der Waals surface area contributed by atoms with Crippen LogP contribution in [0.15, 0.2) is 47.8 Å². The number of benzene rings is 2. The van der Waals surface area contributed by atoms with Crippen LogP contribution in [0.4, 0.5) is 0 Å². The SMILES string of the molecule is Cc1ccc(OCc2nc(CN(CC(C)C)C(=O)c3ccccc3C)cs2)cc1C. The maximum atomic E-state index is 13.2. The van der Waals surface area contributed by atoms with Crippen LogP contribution in [0.25, 0.3) is 0 Å². The first kappa shape index (κ1) is 22.0. The van der Waals surface area contributed by atoms with Crippen molar-refractivity contribution in [3.63, 3.8) is 0 Å². The zero-order valence-electron chi connectivity index (χ0n) is 18.4. The van der Waals surface area contributed by atoms with Gasteiger partial charge in [-0.05, 0) is 61.6 Å². The molecule has 0 aliphatic heterocycles. The Labute approximate surface area is 183 Å². The molecule has 0 saturated heterocycles. The molecule has 0 N–H and O–H groups in total. The van der Waals surface area contributed by atoms with Crippen LogP contribution >= 0.6 is 11.3 Å². The lowest BCUT2D eigenvalue weighted by molar-refractivity contribution is 0.0720. The van der Waals surface area contributed by atoms with Gasteiger partial charge in [0, 0.05) is 17.5 Å². The van der Waals surface area contributed by atoms with E-state index in [1.165, 1.54) is 11.1 Å². The van der Waals surface area contributed by atoms with E-state index in [1.807, 2.05) is 47.5 Å². The van der Waals surface area contributed by atoms with Gasteiger partial charge in [0.25, 0.3) is 5.91 Å². The quantitative estimate of drug-likeness (QED) is 0.451. The molecule has 0 saturated carbocycles. The summed E-state index contributed by atoms with van der Waals surface area (Å²) in [5.74, 6) is 1.29. The minimum atomic E-state index is 0.0581. The van der Waals surface area contributed by atoms with Crippen LogP contribution in [0.1, 0.15) is 51.6 Å². The van der Waals surface area contributed by atoms with E-state index in [1.54, 1.807) is 11.3 Å². The molecule has 0 aliphatic carbocycles. The van der Waals surface area contributed by atoms with Crippen molar-refractivity contribution in [1.29, 1.82) is 0 Å². The normalized spacial score (nSPS) is 11.0. The predicted octanol–water partition coefficient (Wildman–Crippen LogP) is 5.95. The molecule has 0 radical (unpaired) electrons. The van der Waals surface area contributed by atoms with Gasteiger partial charge in [-0.15, -0.1) is 11.3 Å². The van der Waals surface area contributed by atoms with Gasteiger partial charge in [-0.2, -0.15) is 0 Å². The summed E-state index contributed by atoms with van der Waals surface area (Å²) in [5, 5.41) is 2.94. The molecular formula is C25H30N2O2S. The van der Waals surface area contributed by atoms with Crippen LogP contribution < -0.4 is 4.74 Å². The Bertz CT molecular complexity index is 1010. The van der Waals surface area contributed by atoms with Crippen molar-refractivity contribution < 1.29 is 9.53 Å². The molecule has 0 unspecified atom stereocenters. The third kappa shape index (κ3) is 5.70. The minimum Gasteiger partial charge on any atom is -0.486 e. The lowest BCUT2D eigenvalue weighted by atomic mass is 10.1. The average molecular weight is 423 g/mol. The first-order valence-electron chi connectivity index (χ1n) is 10.3. The number of thiazole rings is 1. The summed E-state index contributed by atoms with van der Waals surface area (Å²) >= 11 is 1.57. The van der Waals surface area contributed by atoms with Gasteiger partial charge in [0.15, 0.2) is 0 Å². The molecule has 2 aromatic carbocycles. The molecule has 30 heavy (non-hydrogen) atoms. The van der Waals surface area contributed by atoms with E-state index in [0.29, 0.717) is 25.6 Å². The topological polar surface area (TPSA) is 42.4 Å². The number of rotatable bonds is 8. The smallest absolute Gasteiger partial charge is 0.254 e. The maximum absolute atomic E-state index is 13.2. The van der Waals surface area contributed by atoms with E-state index in [2.05, 4.69) is 39.8 Å². The van der Waals surface area contributed by atoms with Crippen LogP contribution in [0.5, 0.6) is 5.75 Å². The van der Waals surface area contributed by atoms with E-state index < -0.39 is 0 Å². The van der Waals surface area contributed by atoms with Gasteiger partial charge in [-0.1, -0.05) is 38.1 Å². The lowest BCUT2D eigenvalue weighted by Gasteiger charge is -2.24. The van der Waals surface area contributed by atoms with Crippen molar-refractivity contribution in [2.45, 2.75) is 47.8 Å². The number of carbonyl (C=O) groups is 1. The molecule has 3 aromatic rings. The molecule has 0 bridgehead atoms. The Morgan fingerprint density at radius 2 is 1.83 bits per heavy atom. The number of hydrogen-bond acceptors (Lipinski definition) is 4. The summed E-state index contributed by atoms with van der Waals surface area (Å²) in [5.41, 5.74) is 5.12. The molecule has 0 fully saturated rings. The van der Waals surface area contributed by atoms with E-state index in [9.17, 15) is 4.79 Å². The third-order valence-corrected chi connectivity index (χ3v) is 5.91. The highest BCUT2D eigenvalue weighted by molar-refractivity contribution is 7.09. The molecule has 1 aromatic heterocycles. The van der Waals surface area contributed by atoms with E-state index in [4.69, 9.17) is 9.72 Å². The molecule has 158 valence electrons. The zero-order chi connectivity index (χ0) is 21.7. The number of hydrogen-bond donors (Lipinski definition) is 0.